The van der Waals surface area contributed by atoms with Crippen LogP contribution in [0.4, 0.5) is 0 Å². The summed E-state index contributed by atoms with van der Waals surface area (Å²) < 4.78 is 1.14. The van der Waals surface area contributed by atoms with Gasteiger partial charge in [0.2, 0.25) is 0 Å². The number of hydrogen-bond donors (Lipinski definition) is 1. The topological polar surface area (TPSA) is 20.2 Å². The van der Waals surface area contributed by atoms with Gasteiger partial charge in [-0.3, -0.25) is 0 Å². The van der Waals surface area contributed by atoms with Gasteiger partial charge in [0.05, 0.1) is 32.8 Å². The summed E-state index contributed by atoms with van der Waals surface area (Å²) in [6.45, 7) is 3.51. The van der Waals surface area contributed by atoms with E-state index in [1.807, 2.05) is 0 Å². The van der Waals surface area contributed by atoms with Crippen LogP contribution >= 0.6 is 0 Å². The quantitative estimate of drug-likeness (QED) is 0.724. The van der Waals surface area contributed by atoms with Crippen molar-refractivity contribution in [2.24, 2.45) is 0 Å². The van der Waals surface area contributed by atoms with Crippen molar-refractivity contribution in [1.82, 2.24) is 0 Å². The molecule has 3 heteroatoms. The number of aliphatic hydroxyl groups excluding tert-OH is 1. The number of aryl methyl sites for hydroxylation is 1. The van der Waals surface area contributed by atoms with Crippen LogP contribution in [0.1, 0.15) is 24.8 Å². The van der Waals surface area contributed by atoms with Gasteiger partial charge in [0.25, 0.3) is 0 Å². The van der Waals surface area contributed by atoms with Gasteiger partial charge in [0.15, 0.2) is 0 Å². The zero-order valence-electron chi connectivity index (χ0n) is 11.2. The number of likely N-dealkylation sites (tertiary alicyclic amines) is 1. The molecule has 102 valence electrons. The molecule has 1 heterocycles. The van der Waals surface area contributed by atoms with Crippen LogP contribution in [0.2, 0.25) is 0 Å². The van der Waals surface area contributed by atoms with Crippen LogP contribution in [-0.4, -0.2) is 42.4 Å². The first-order valence-electron chi connectivity index (χ1n) is 6.73. The highest BCUT2D eigenvalue weighted by molar-refractivity contribution is 5.14. The fourth-order valence-corrected chi connectivity index (χ4v) is 2.71. The summed E-state index contributed by atoms with van der Waals surface area (Å²) in [5.41, 5.74) is 1.44. The highest BCUT2D eigenvalue weighted by Crippen LogP contribution is 2.18. The third-order valence-electron chi connectivity index (χ3n) is 4.01. The van der Waals surface area contributed by atoms with Crippen molar-refractivity contribution in [3.8, 4) is 0 Å². The van der Waals surface area contributed by atoms with Gasteiger partial charge in [-0.1, -0.05) is 30.3 Å². The molecular weight excluding hydrogens is 290 g/mol. The number of hydrogen-bond acceptors (Lipinski definition) is 1. The molecule has 1 N–H and O–H groups in total. The second kappa shape index (κ2) is 7.27. The average molecular weight is 314 g/mol. The molecule has 1 fully saturated rings. The first-order chi connectivity index (χ1) is 8.18. The molecule has 0 bridgehead atoms. The standard InChI is InChI=1S/C15H24NO.BrH/c1-16(12-9-15(17)10-13-16)11-5-8-14-6-3-2-4-7-14;/h2-4,6-7,15,17H,5,8-13H2,1H3;1H/q+1;/p-1. The Hall–Kier alpha value is -0.380. The number of halogens is 1. The largest absolute Gasteiger partial charge is 1.00 e. The Balaban J connectivity index is 0.00000162. The van der Waals surface area contributed by atoms with E-state index in [2.05, 4.69) is 37.4 Å². The molecule has 1 aliphatic heterocycles. The van der Waals surface area contributed by atoms with Crippen LogP contribution in [0.15, 0.2) is 30.3 Å². The highest BCUT2D eigenvalue weighted by atomic mass is 79.9. The van der Waals surface area contributed by atoms with Crippen LogP contribution in [0.5, 0.6) is 0 Å². The summed E-state index contributed by atoms with van der Waals surface area (Å²) in [7, 11) is 2.33. The number of benzene rings is 1. The maximum Gasteiger partial charge on any atom is 0.0809 e. The lowest BCUT2D eigenvalue weighted by atomic mass is 10.0. The maximum atomic E-state index is 9.53. The van der Waals surface area contributed by atoms with E-state index in [9.17, 15) is 5.11 Å². The summed E-state index contributed by atoms with van der Waals surface area (Å²) in [4.78, 5) is 0. The molecule has 0 unspecified atom stereocenters. The summed E-state index contributed by atoms with van der Waals surface area (Å²) in [6.07, 6.45) is 4.33. The first-order valence-corrected chi connectivity index (χ1v) is 6.73. The van der Waals surface area contributed by atoms with Crippen molar-refractivity contribution in [3.05, 3.63) is 35.9 Å². The lowest BCUT2D eigenvalue weighted by Crippen LogP contribution is -3.00. The molecule has 0 spiro atoms. The Kier molecular flexibility index (Phi) is 6.33. The minimum atomic E-state index is -0.0460. The molecule has 0 amide bonds. The molecule has 0 radical (unpaired) electrons. The third kappa shape index (κ3) is 4.71. The Morgan fingerprint density at radius 2 is 1.78 bits per heavy atom. The van der Waals surface area contributed by atoms with Gasteiger partial charge in [0, 0.05) is 19.3 Å². The third-order valence-corrected chi connectivity index (χ3v) is 4.01. The molecule has 0 aromatic heterocycles. The zero-order chi connectivity index (χ0) is 12.1. The summed E-state index contributed by atoms with van der Waals surface area (Å²) >= 11 is 0. The molecule has 1 saturated heterocycles. The average Bonchev–Trinajstić information content (AvgIpc) is 2.35. The van der Waals surface area contributed by atoms with Crippen molar-refractivity contribution in [1.29, 1.82) is 0 Å². The summed E-state index contributed by atoms with van der Waals surface area (Å²) in [5, 5.41) is 9.53. The van der Waals surface area contributed by atoms with E-state index in [-0.39, 0.29) is 23.1 Å². The van der Waals surface area contributed by atoms with Crippen molar-refractivity contribution in [2.45, 2.75) is 31.8 Å². The van der Waals surface area contributed by atoms with Gasteiger partial charge in [-0.15, -0.1) is 0 Å². The monoisotopic (exact) mass is 313 g/mol. The van der Waals surface area contributed by atoms with Gasteiger partial charge in [-0.05, 0) is 12.0 Å². The van der Waals surface area contributed by atoms with Crippen LogP contribution in [0.25, 0.3) is 0 Å². The van der Waals surface area contributed by atoms with Gasteiger partial charge in [0.1, 0.15) is 0 Å². The number of quaternary nitrogens is 1. The minimum absolute atomic E-state index is 0. The van der Waals surface area contributed by atoms with E-state index >= 15 is 0 Å². The second-order valence-electron chi connectivity index (χ2n) is 5.61. The molecule has 0 aliphatic carbocycles. The predicted octanol–water partition coefficient (Wildman–Crippen LogP) is -0.775. The summed E-state index contributed by atoms with van der Waals surface area (Å²) in [6, 6.07) is 10.7. The highest BCUT2D eigenvalue weighted by Gasteiger charge is 2.28. The van der Waals surface area contributed by atoms with Gasteiger partial charge in [-0.25, -0.2) is 0 Å². The van der Waals surface area contributed by atoms with E-state index in [4.69, 9.17) is 0 Å². The van der Waals surface area contributed by atoms with Gasteiger partial charge < -0.3 is 26.6 Å². The van der Waals surface area contributed by atoms with E-state index < -0.39 is 0 Å². The molecule has 2 nitrogen and oxygen atoms in total. The number of aliphatic hydroxyl groups is 1. The van der Waals surface area contributed by atoms with E-state index in [0.29, 0.717) is 0 Å². The fraction of sp³-hybridized carbons (Fsp3) is 0.600. The molecule has 0 saturated carbocycles. The molecule has 1 aliphatic rings. The number of piperidine rings is 1. The van der Waals surface area contributed by atoms with Crippen molar-refractivity contribution in [2.75, 3.05) is 26.7 Å². The van der Waals surface area contributed by atoms with Crippen molar-refractivity contribution >= 4 is 0 Å². The van der Waals surface area contributed by atoms with E-state index in [1.54, 1.807) is 0 Å². The lowest BCUT2D eigenvalue weighted by molar-refractivity contribution is -0.915. The van der Waals surface area contributed by atoms with Crippen molar-refractivity contribution in [3.63, 3.8) is 0 Å². The molecule has 1 aromatic rings. The first kappa shape index (κ1) is 15.7. The SMILES string of the molecule is C[N+]1(CCCc2ccccc2)CCC(O)CC1.[Br-]. The van der Waals surface area contributed by atoms with Crippen LogP contribution < -0.4 is 17.0 Å². The Morgan fingerprint density at radius 1 is 1.17 bits per heavy atom. The molecule has 2 rings (SSSR count). The Bertz CT molecular complexity index is 334. The second-order valence-corrected chi connectivity index (χ2v) is 5.61. The van der Waals surface area contributed by atoms with E-state index in [1.165, 1.54) is 24.9 Å². The maximum absolute atomic E-state index is 9.53. The Labute approximate surface area is 121 Å². The Morgan fingerprint density at radius 3 is 2.39 bits per heavy atom. The smallest absolute Gasteiger partial charge is 0.0809 e. The van der Waals surface area contributed by atoms with Crippen LogP contribution in [0.3, 0.4) is 0 Å². The van der Waals surface area contributed by atoms with Crippen LogP contribution in [0, 0.1) is 0 Å². The lowest BCUT2D eigenvalue weighted by Gasteiger charge is -2.39. The van der Waals surface area contributed by atoms with Gasteiger partial charge in [-0.2, -0.15) is 0 Å². The number of rotatable bonds is 4. The fourth-order valence-electron chi connectivity index (χ4n) is 2.71. The number of nitrogens with zero attached hydrogens (tertiary/aromatic N) is 1. The summed E-state index contributed by atoms with van der Waals surface area (Å²) in [5.74, 6) is 0. The molecule has 0 atom stereocenters. The van der Waals surface area contributed by atoms with Crippen molar-refractivity contribution < 1.29 is 26.6 Å². The minimum Gasteiger partial charge on any atom is -1.00 e. The van der Waals surface area contributed by atoms with E-state index in [0.717, 1.165) is 30.4 Å². The van der Waals surface area contributed by atoms with Gasteiger partial charge >= 0.3 is 0 Å². The van der Waals surface area contributed by atoms with Crippen LogP contribution in [-0.2, 0) is 6.42 Å². The molecule has 1 aromatic carbocycles. The zero-order valence-corrected chi connectivity index (χ0v) is 12.8. The normalized spacial score (nSPS) is 27.6. The predicted molar refractivity (Wildman–Crippen MR) is 70.8 cm³/mol. The molecular formula is C15H24BrNO. The molecule has 18 heavy (non-hydrogen) atoms.